The van der Waals surface area contributed by atoms with Gasteiger partial charge >= 0.3 is 0 Å². The van der Waals surface area contributed by atoms with Crippen LogP contribution in [0.15, 0.2) is 17.1 Å². The van der Waals surface area contributed by atoms with E-state index in [1.807, 2.05) is 6.92 Å². The molecule has 3 nitrogen and oxygen atoms in total. The van der Waals surface area contributed by atoms with Crippen molar-refractivity contribution in [3.63, 3.8) is 0 Å². The molecule has 1 N–H and O–H groups in total. The first-order valence-corrected chi connectivity index (χ1v) is 13.4. The monoisotopic (exact) mass is 421 g/mol. The van der Waals surface area contributed by atoms with E-state index in [2.05, 4.69) is 26.0 Å². The predicted octanol–water partition coefficient (Wildman–Crippen LogP) is 7.78. The van der Waals surface area contributed by atoms with Gasteiger partial charge in [-0.05, 0) is 26.2 Å². The topological polar surface area (TPSA) is 32.6 Å². The summed E-state index contributed by atoms with van der Waals surface area (Å²) < 4.78 is 0.687. The number of unbranched alkanes of at least 4 members (excludes halogenated alkanes) is 14. The van der Waals surface area contributed by atoms with E-state index in [0.717, 1.165) is 32.5 Å². The third-order valence-electron chi connectivity index (χ3n) is 7.01. The van der Waals surface area contributed by atoms with Crippen LogP contribution in [0.1, 0.15) is 130 Å². The standard InChI is InChI=1S/C27H53N2O/c1-4-6-7-8-9-10-11-12-13-14-15-16-17-18-19-20-21-22-23-27-28-24-25-29(27,5-2)26(3)30/h20-21,26,30H,4-19,22-25H2,1-3H3/q+1/b21-20+. The number of aliphatic hydroxyl groups excluding tert-OH is 1. The van der Waals surface area contributed by atoms with Crippen LogP contribution in [0.5, 0.6) is 0 Å². The van der Waals surface area contributed by atoms with Gasteiger partial charge in [-0.25, -0.2) is 4.99 Å². The van der Waals surface area contributed by atoms with E-state index in [1.54, 1.807) is 0 Å². The van der Waals surface area contributed by atoms with Crippen LogP contribution < -0.4 is 0 Å². The van der Waals surface area contributed by atoms with Gasteiger partial charge in [-0.3, -0.25) is 4.48 Å². The van der Waals surface area contributed by atoms with Crippen molar-refractivity contribution in [2.24, 2.45) is 4.99 Å². The first-order chi connectivity index (χ1) is 14.7. The van der Waals surface area contributed by atoms with Crippen LogP contribution in [0, 0.1) is 0 Å². The van der Waals surface area contributed by atoms with Gasteiger partial charge in [0.05, 0.1) is 13.1 Å². The maximum absolute atomic E-state index is 10.2. The van der Waals surface area contributed by atoms with E-state index in [4.69, 9.17) is 4.99 Å². The molecule has 0 bridgehead atoms. The van der Waals surface area contributed by atoms with E-state index in [9.17, 15) is 5.11 Å². The largest absolute Gasteiger partial charge is 0.345 e. The number of hydrogen-bond acceptors (Lipinski definition) is 2. The van der Waals surface area contributed by atoms with Crippen LogP contribution in [0.25, 0.3) is 0 Å². The Labute approximate surface area is 188 Å². The Morgan fingerprint density at radius 3 is 1.80 bits per heavy atom. The molecular formula is C27H53N2O+. The Kier molecular flexibility index (Phi) is 16.4. The Morgan fingerprint density at radius 1 is 0.800 bits per heavy atom. The van der Waals surface area contributed by atoms with Crippen molar-refractivity contribution in [1.82, 2.24) is 0 Å². The van der Waals surface area contributed by atoms with Crippen LogP contribution in [0.3, 0.4) is 0 Å². The zero-order valence-electron chi connectivity index (χ0n) is 20.7. The summed E-state index contributed by atoms with van der Waals surface area (Å²) in [4.78, 5) is 4.69. The highest BCUT2D eigenvalue weighted by Gasteiger charge is 2.40. The normalized spacial score (nSPS) is 20.2. The molecule has 176 valence electrons. The SMILES string of the molecule is CCCCCCCCCCCCCCCC/C=C/CCC1=NCC[N+]1(CC)C(C)O. The fourth-order valence-electron chi connectivity index (χ4n) is 4.84. The molecule has 30 heavy (non-hydrogen) atoms. The highest BCUT2D eigenvalue weighted by atomic mass is 16.3. The lowest BCUT2D eigenvalue weighted by molar-refractivity contribution is -0.882. The van der Waals surface area contributed by atoms with Crippen molar-refractivity contribution in [2.75, 3.05) is 19.6 Å². The molecule has 0 aromatic carbocycles. The Morgan fingerprint density at radius 2 is 1.30 bits per heavy atom. The lowest BCUT2D eigenvalue weighted by Gasteiger charge is -2.36. The minimum absolute atomic E-state index is 0.337. The van der Waals surface area contributed by atoms with Crippen molar-refractivity contribution in [3.8, 4) is 0 Å². The molecule has 0 aliphatic carbocycles. The fraction of sp³-hybridized carbons (Fsp3) is 0.889. The minimum Gasteiger partial charge on any atom is -0.345 e. The lowest BCUT2D eigenvalue weighted by atomic mass is 10.0. The minimum atomic E-state index is -0.337. The number of hydrogen-bond donors (Lipinski definition) is 1. The molecule has 0 saturated carbocycles. The van der Waals surface area contributed by atoms with Crippen molar-refractivity contribution in [2.45, 2.75) is 136 Å². The average Bonchev–Trinajstić information content (AvgIpc) is 3.17. The van der Waals surface area contributed by atoms with Crippen LogP contribution in [0.4, 0.5) is 0 Å². The molecule has 1 heterocycles. The molecule has 0 aromatic heterocycles. The van der Waals surface area contributed by atoms with Crippen molar-refractivity contribution in [3.05, 3.63) is 12.2 Å². The zero-order chi connectivity index (χ0) is 21.9. The van der Waals surface area contributed by atoms with Gasteiger partial charge < -0.3 is 5.11 Å². The number of aliphatic hydroxyl groups is 1. The molecule has 2 atom stereocenters. The third kappa shape index (κ3) is 11.1. The summed E-state index contributed by atoms with van der Waals surface area (Å²) in [5.41, 5.74) is 0. The maximum Gasteiger partial charge on any atom is 0.200 e. The molecule has 0 aromatic rings. The summed E-state index contributed by atoms with van der Waals surface area (Å²) in [6.07, 6.45) is 27.6. The van der Waals surface area contributed by atoms with Crippen LogP contribution in [0.2, 0.25) is 0 Å². The Bertz CT molecular complexity index is 458. The second kappa shape index (κ2) is 18.0. The molecule has 0 spiro atoms. The van der Waals surface area contributed by atoms with Gasteiger partial charge in [-0.1, -0.05) is 103 Å². The summed E-state index contributed by atoms with van der Waals surface area (Å²) in [7, 11) is 0. The van der Waals surface area contributed by atoms with Crippen LogP contribution in [-0.4, -0.2) is 41.3 Å². The summed E-state index contributed by atoms with van der Waals surface area (Å²) in [6, 6.07) is 0. The van der Waals surface area contributed by atoms with Gasteiger partial charge in [-0.15, -0.1) is 0 Å². The number of likely N-dealkylation sites (N-methyl/N-ethyl adjacent to an activating group) is 1. The maximum atomic E-state index is 10.2. The molecule has 1 aliphatic rings. The van der Waals surface area contributed by atoms with Gasteiger partial charge in [0.1, 0.15) is 6.54 Å². The molecule has 1 rings (SSSR count). The van der Waals surface area contributed by atoms with Gasteiger partial charge in [0.15, 0.2) is 6.23 Å². The first-order valence-electron chi connectivity index (χ1n) is 13.4. The fourth-order valence-corrected chi connectivity index (χ4v) is 4.84. The number of rotatable bonds is 20. The second-order valence-corrected chi connectivity index (χ2v) is 9.40. The summed E-state index contributed by atoms with van der Waals surface area (Å²) in [6.45, 7) is 9.15. The molecule has 1 aliphatic heterocycles. The van der Waals surface area contributed by atoms with Gasteiger partial charge in [0, 0.05) is 13.3 Å². The van der Waals surface area contributed by atoms with Gasteiger partial charge in [-0.2, -0.15) is 0 Å². The Balaban J connectivity index is 1.89. The molecule has 0 fully saturated rings. The van der Waals surface area contributed by atoms with E-state index in [1.165, 1.54) is 102 Å². The molecule has 2 unspecified atom stereocenters. The first kappa shape index (κ1) is 27.4. The van der Waals surface area contributed by atoms with E-state index in [-0.39, 0.29) is 6.23 Å². The second-order valence-electron chi connectivity index (χ2n) is 9.40. The van der Waals surface area contributed by atoms with Crippen molar-refractivity contribution in [1.29, 1.82) is 0 Å². The van der Waals surface area contributed by atoms with Crippen molar-refractivity contribution >= 4 is 5.84 Å². The molecule has 0 radical (unpaired) electrons. The summed E-state index contributed by atoms with van der Waals surface area (Å²) >= 11 is 0. The number of nitrogens with zero attached hydrogens (tertiary/aromatic N) is 2. The number of allylic oxidation sites excluding steroid dienone is 2. The van der Waals surface area contributed by atoms with Gasteiger partial charge in [0.25, 0.3) is 0 Å². The smallest absolute Gasteiger partial charge is 0.200 e. The number of aliphatic imine (C=N–C) groups is 1. The molecule has 3 heteroatoms. The van der Waals surface area contributed by atoms with E-state index < -0.39 is 0 Å². The van der Waals surface area contributed by atoms with E-state index >= 15 is 0 Å². The van der Waals surface area contributed by atoms with Gasteiger partial charge in [0.2, 0.25) is 5.84 Å². The molecule has 0 amide bonds. The Hall–Kier alpha value is -0.670. The number of quaternary nitrogens is 1. The molecule has 0 saturated heterocycles. The van der Waals surface area contributed by atoms with E-state index in [0.29, 0.717) is 4.48 Å². The third-order valence-corrected chi connectivity index (χ3v) is 7.01. The summed E-state index contributed by atoms with van der Waals surface area (Å²) in [5, 5.41) is 10.2. The highest BCUT2D eigenvalue weighted by Crippen LogP contribution is 2.22. The lowest BCUT2D eigenvalue weighted by Crippen LogP contribution is -2.56. The van der Waals surface area contributed by atoms with Crippen LogP contribution >= 0.6 is 0 Å². The zero-order valence-corrected chi connectivity index (χ0v) is 20.7. The number of amidine groups is 1. The van der Waals surface area contributed by atoms with Crippen LogP contribution in [-0.2, 0) is 0 Å². The highest BCUT2D eigenvalue weighted by molar-refractivity contribution is 5.77. The molecular weight excluding hydrogens is 368 g/mol. The predicted molar refractivity (Wildman–Crippen MR) is 133 cm³/mol. The van der Waals surface area contributed by atoms with Crippen molar-refractivity contribution < 1.29 is 9.59 Å². The quantitative estimate of drug-likeness (QED) is 0.121. The average molecular weight is 422 g/mol. The summed E-state index contributed by atoms with van der Waals surface area (Å²) in [5.74, 6) is 1.20.